The van der Waals surface area contributed by atoms with Crippen LogP contribution in [0.15, 0.2) is 29.8 Å². The summed E-state index contributed by atoms with van der Waals surface area (Å²) in [7, 11) is 0. The second-order valence-corrected chi connectivity index (χ2v) is 3.99. The first kappa shape index (κ1) is 13.1. The van der Waals surface area contributed by atoms with Gasteiger partial charge in [-0.1, -0.05) is 12.1 Å². The molecule has 5 nitrogen and oxygen atoms in total. The minimum Gasteiger partial charge on any atom is -0.481 e. The highest BCUT2D eigenvalue weighted by Crippen LogP contribution is 2.15. The molecule has 0 saturated carbocycles. The SMILES string of the molecule is O=C(O)CCC(=O)O.c1ccc2scnc2c1. The van der Waals surface area contributed by atoms with Gasteiger partial charge in [-0.2, -0.15) is 0 Å². The number of aliphatic carboxylic acids is 2. The van der Waals surface area contributed by atoms with Gasteiger partial charge in [0.1, 0.15) is 0 Å². The third-order valence-corrected chi connectivity index (χ3v) is 2.60. The number of carboxylic acids is 2. The number of carboxylic acid groups (broad SMARTS) is 2. The lowest BCUT2D eigenvalue weighted by molar-refractivity contribution is -0.143. The van der Waals surface area contributed by atoms with E-state index in [9.17, 15) is 9.59 Å². The topological polar surface area (TPSA) is 87.5 Å². The Bertz CT molecular complexity index is 465. The summed E-state index contributed by atoms with van der Waals surface area (Å²) in [5.74, 6) is -2.15. The predicted octanol–water partition coefficient (Wildman–Crippen LogP) is 2.23. The molecule has 0 aliphatic rings. The molecule has 1 aromatic carbocycles. The van der Waals surface area contributed by atoms with Crippen LogP contribution in [0.4, 0.5) is 0 Å². The summed E-state index contributed by atoms with van der Waals surface area (Å²) >= 11 is 1.68. The van der Waals surface area contributed by atoms with E-state index in [1.165, 1.54) is 4.70 Å². The van der Waals surface area contributed by atoms with Gasteiger partial charge in [0.2, 0.25) is 0 Å². The van der Waals surface area contributed by atoms with Gasteiger partial charge in [-0.25, -0.2) is 4.98 Å². The Morgan fingerprint density at radius 3 is 2.24 bits per heavy atom. The van der Waals surface area contributed by atoms with E-state index in [1.54, 1.807) is 11.3 Å². The highest BCUT2D eigenvalue weighted by molar-refractivity contribution is 7.16. The number of fused-ring (bicyclic) bond motifs is 1. The molecule has 0 aliphatic carbocycles. The molecule has 90 valence electrons. The van der Waals surface area contributed by atoms with Crippen LogP contribution in [-0.4, -0.2) is 27.1 Å². The molecule has 0 saturated heterocycles. The number of hydrogen-bond acceptors (Lipinski definition) is 4. The lowest BCUT2D eigenvalue weighted by Gasteiger charge is -1.85. The summed E-state index contributed by atoms with van der Waals surface area (Å²) in [6.45, 7) is 0. The minimum atomic E-state index is -1.08. The Morgan fingerprint density at radius 2 is 1.71 bits per heavy atom. The van der Waals surface area contributed by atoms with Gasteiger partial charge in [-0.15, -0.1) is 11.3 Å². The molecular weight excluding hydrogens is 242 g/mol. The lowest BCUT2D eigenvalue weighted by Crippen LogP contribution is -2.00. The number of aromatic nitrogens is 1. The normalized spacial score (nSPS) is 9.41. The van der Waals surface area contributed by atoms with E-state index in [-0.39, 0.29) is 12.8 Å². The Hall–Kier alpha value is -1.95. The van der Waals surface area contributed by atoms with E-state index in [1.807, 2.05) is 23.7 Å². The van der Waals surface area contributed by atoms with E-state index in [4.69, 9.17) is 10.2 Å². The maximum absolute atomic E-state index is 9.64. The summed E-state index contributed by atoms with van der Waals surface area (Å²) in [5, 5.41) is 15.8. The van der Waals surface area contributed by atoms with Crippen molar-refractivity contribution in [3.8, 4) is 0 Å². The summed E-state index contributed by atoms with van der Waals surface area (Å²) in [4.78, 5) is 23.4. The summed E-state index contributed by atoms with van der Waals surface area (Å²) in [5.41, 5.74) is 2.97. The molecule has 0 bridgehead atoms. The van der Waals surface area contributed by atoms with Crippen LogP contribution >= 0.6 is 11.3 Å². The Kier molecular flexibility index (Phi) is 5.09. The molecule has 1 heterocycles. The Morgan fingerprint density at radius 1 is 1.12 bits per heavy atom. The van der Waals surface area contributed by atoms with Crippen LogP contribution < -0.4 is 0 Å². The highest BCUT2D eigenvalue weighted by Gasteiger charge is 2.00. The molecule has 2 aromatic rings. The second kappa shape index (κ2) is 6.59. The van der Waals surface area contributed by atoms with Crippen molar-refractivity contribution in [2.45, 2.75) is 12.8 Å². The van der Waals surface area contributed by atoms with Crippen LogP contribution in [0.5, 0.6) is 0 Å². The predicted molar refractivity (Wildman–Crippen MR) is 64.1 cm³/mol. The van der Waals surface area contributed by atoms with Crippen molar-refractivity contribution in [2.24, 2.45) is 0 Å². The van der Waals surface area contributed by atoms with Gasteiger partial charge in [-0.3, -0.25) is 9.59 Å². The van der Waals surface area contributed by atoms with Crippen molar-refractivity contribution < 1.29 is 19.8 Å². The fourth-order valence-corrected chi connectivity index (χ4v) is 1.70. The molecule has 6 heteroatoms. The molecule has 0 unspecified atom stereocenters. The van der Waals surface area contributed by atoms with Crippen LogP contribution in [0.3, 0.4) is 0 Å². The third kappa shape index (κ3) is 5.07. The summed E-state index contributed by atoms with van der Waals surface area (Å²) < 4.78 is 1.26. The van der Waals surface area contributed by atoms with Gasteiger partial charge in [0, 0.05) is 0 Å². The first-order valence-electron chi connectivity index (χ1n) is 4.81. The standard InChI is InChI=1S/C7H5NS.C4H6O4/c1-2-4-7-6(3-1)8-5-9-7;5-3(6)1-2-4(7)8/h1-5H;1-2H2,(H,5,6)(H,7,8). The molecule has 0 radical (unpaired) electrons. The van der Waals surface area contributed by atoms with E-state index in [0.717, 1.165) is 5.52 Å². The fourth-order valence-electron chi connectivity index (χ4n) is 1.02. The van der Waals surface area contributed by atoms with E-state index in [0.29, 0.717) is 0 Å². The fraction of sp³-hybridized carbons (Fsp3) is 0.182. The van der Waals surface area contributed by atoms with Crippen molar-refractivity contribution in [1.29, 1.82) is 0 Å². The quantitative estimate of drug-likeness (QED) is 0.875. The molecule has 17 heavy (non-hydrogen) atoms. The molecule has 2 rings (SSSR count). The van der Waals surface area contributed by atoms with Gasteiger partial charge in [0.15, 0.2) is 0 Å². The number of hydrogen-bond donors (Lipinski definition) is 2. The maximum atomic E-state index is 9.64. The molecule has 0 aliphatic heterocycles. The monoisotopic (exact) mass is 253 g/mol. The third-order valence-electron chi connectivity index (χ3n) is 1.79. The maximum Gasteiger partial charge on any atom is 0.303 e. The van der Waals surface area contributed by atoms with Crippen LogP contribution in [0.1, 0.15) is 12.8 Å². The van der Waals surface area contributed by atoms with Crippen LogP contribution in [0.25, 0.3) is 10.2 Å². The molecular formula is C11H11NO4S. The van der Waals surface area contributed by atoms with Crippen molar-refractivity contribution >= 4 is 33.5 Å². The molecule has 0 amide bonds. The molecule has 0 spiro atoms. The van der Waals surface area contributed by atoms with Crippen LogP contribution in [0.2, 0.25) is 0 Å². The zero-order valence-corrected chi connectivity index (χ0v) is 9.68. The number of rotatable bonds is 3. The van der Waals surface area contributed by atoms with E-state index in [2.05, 4.69) is 11.1 Å². The summed E-state index contributed by atoms with van der Waals surface area (Å²) in [6, 6.07) is 8.13. The Labute approximate surface area is 101 Å². The van der Waals surface area contributed by atoms with Crippen LogP contribution in [0, 0.1) is 0 Å². The van der Waals surface area contributed by atoms with Crippen molar-refractivity contribution in [3.05, 3.63) is 29.8 Å². The van der Waals surface area contributed by atoms with Gasteiger partial charge in [0.05, 0.1) is 28.6 Å². The first-order valence-corrected chi connectivity index (χ1v) is 5.69. The molecule has 0 fully saturated rings. The lowest BCUT2D eigenvalue weighted by atomic mass is 10.3. The van der Waals surface area contributed by atoms with Crippen molar-refractivity contribution in [2.75, 3.05) is 0 Å². The number of nitrogens with zero attached hydrogens (tertiary/aromatic N) is 1. The minimum absolute atomic E-state index is 0.296. The zero-order chi connectivity index (χ0) is 12.7. The largest absolute Gasteiger partial charge is 0.481 e. The van der Waals surface area contributed by atoms with Gasteiger partial charge >= 0.3 is 11.9 Å². The molecule has 1 aromatic heterocycles. The first-order chi connectivity index (χ1) is 8.09. The number of thiazole rings is 1. The molecule has 2 N–H and O–H groups in total. The molecule has 0 atom stereocenters. The number of para-hydroxylation sites is 1. The van der Waals surface area contributed by atoms with Crippen molar-refractivity contribution in [3.63, 3.8) is 0 Å². The van der Waals surface area contributed by atoms with Gasteiger partial charge in [0.25, 0.3) is 0 Å². The smallest absolute Gasteiger partial charge is 0.303 e. The van der Waals surface area contributed by atoms with E-state index < -0.39 is 11.9 Å². The number of benzene rings is 1. The summed E-state index contributed by atoms with van der Waals surface area (Å²) in [6.07, 6.45) is -0.593. The average Bonchev–Trinajstić information content (AvgIpc) is 2.75. The van der Waals surface area contributed by atoms with Crippen molar-refractivity contribution in [1.82, 2.24) is 4.98 Å². The van der Waals surface area contributed by atoms with Gasteiger partial charge < -0.3 is 10.2 Å². The highest BCUT2D eigenvalue weighted by atomic mass is 32.1. The van der Waals surface area contributed by atoms with Gasteiger partial charge in [-0.05, 0) is 12.1 Å². The average molecular weight is 253 g/mol. The number of carbonyl (C=O) groups is 2. The zero-order valence-electron chi connectivity index (χ0n) is 8.87. The second-order valence-electron chi connectivity index (χ2n) is 3.11. The van der Waals surface area contributed by atoms with Crippen LogP contribution in [-0.2, 0) is 9.59 Å². The van der Waals surface area contributed by atoms with E-state index >= 15 is 0 Å². The Balaban J connectivity index is 0.000000172.